The number of benzene rings is 1. The van der Waals surface area contributed by atoms with Crippen LogP contribution in [0, 0.1) is 0 Å². The number of hydrogen-bond donors (Lipinski definition) is 1. The zero-order valence-corrected chi connectivity index (χ0v) is 20.4. The van der Waals surface area contributed by atoms with E-state index in [1.54, 1.807) is 24.3 Å². The van der Waals surface area contributed by atoms with Gasteiger partial charge in [0.05, 0.1) is 11.1 Å². The van der Waals surface area contributed by atoms with Gasteiger partial charge < -0.3 is 15.0 Å². The lowest BCUT2D eigenvalue weighted by atomic mass is 10.0. The highest BCUT2D eigenvalue weighted by Gasteiger charge is 2.34. The number of hydrogen-bond acceptors (Lipinski definition) is 5. The minimum atomic E-state index is -0.459. The number of amides is 3. The summed E-state index contributed by atoms with van der Waals surface area (Å²) in [7, 11) is 0. The zero-order chi connectivity index (χ0) is 23.8. The summed E-state index contributed by atoms with van der Waals surface area (Å²) in [4.78, 5) is 40.5. The first kappa shape index (κ1) is 25.2. The molecule has 3 rings (SSSR count). The third-order valence-electron chi connectivity index (χ3n) is 6.29. The van der Waals surface area contributed by atoms with Crippen LogP contribution in [0.15, 0.2) is 24.3 Å². The molecule has 0 aromatic heterocycles. The molecule has 7 heteroatoms. The minimum absolute atomic E-state index is 0.152. The molecule has 182 valence electrons. The Balaban J connectivity index is 1.19. The quantitative estimate of drug-likeness (QED) is 0.410. The van der Waals surface area contributed by atoms with Crippen molar-refractivity contribution in [1.82, 2.24) is 15.1 Å². The smallest absolute Gasteiger partial charge is 0.407 e. The van der Waals surface area contributed by atoms with Crippen molar-refractivity contribution < 1.29 is 19.1 Å². The first-order chi connectivity index (χ1) is 15.7. The topological polar surface area (TPSA) is 79.0 Å². The molecule has 7 nitrogen and oxygen atoms in total. The second-order valence-electron chi connectivity index (χ2n) is 10.2. The number of nitrogens with one attached hydrogen (secondary N) is 1. The lowest BCUT2D eigenvalue weighted by Gasteiger charge is -2.32. The second kappa shape index (κ2) is 11.6. The molecular weight excluding hydrogens is 418 g/mol. The van der Waals surface area contributed by atoms with Gasteiger partial charge >= 0.3 is 6.09 Å². The summed E-state index contributed by atoms with van der Waals surface area (Å²) in [6.45, 7) is 9.28. The Bertz CT molecular complexity index is 790. The van der Waals surface area contributed by atoms with Crippen LogP contribution in [0.1, 0.15) is 92.9 Å². The number of nitrogens with zero attached hydrogens (tertiary/aromatic N) is 2. The van der Waals surface area contributed by atoms with Crippen molar-refractivity contribution in [3.8, 4) is 0 Å². The molecule has 2 aliphatic heterocycles. The molecule has 33 heavy (non-hydrogen) atoms. The highest BCUT2D eigenvalue weighted by atomic mass is 16.6. The number of carbonyl (C=O) groups excluding carboxylic acids is 3. The third-order valence-corrected chi connectivity index (χ3v) is 6.29. The lowest BCUT2D eigenvalue weighted by molar-refractivity contribution is 0.0477. The molecule has 3 amide bonds. The number of rotatable bonds is 10. The Morgan fingerprint density at radius 1 is 0.909 bits per heavy atom. The second-order valence-corrected chi connectivity index (χ2v) is 10.2. The van der Waals surface area contributed by atoms with E-state index in [9.17, 15) is 14.4 Å². The summed E-state index contributed by atoms with van der Waals surface area (Å²) in [5.41, 5.74) is 0.610. The van der Waals surface area contributed by atoms with Crippen LogP contribution < -0.4 is 5.32 Å². The predicted octanol–water partition coefficient (Wildman–Crippen LogP) is 4.61. The van der Waals surface area contributed by atoms with E-state index in [4.69, 9.17) is 4.74 Å². The van der Waals surface area contributed by atoms with E-state index in [0.29, 0.717) is 17.7 Å². The van der Waals surface area contributed by atoms with E-state index in [-0.39, 0.29) is 23.9 Å². The predicted molar refractivity (Wildman–Crippen MR) is 128 cm³/mol. The molecule has 1 saturated heterocycles. The number of imide groups is 1. The average molecular weight is 458 g/mol. The summed E-state index contributed by atoms with van der Waals surface area (Å²) in [5, 5.41) is 2.99. The summed E-state index contributed by atoms with van der Waals surface area (Å²) < 4.78 is 5.34. The molecule has 0 bridgehead atoms. The van der Waals surface area contributed by atoms with Crippen molar-refractivity contribution in [1.29, 1.82) is 0 Å². The molecule has 1 aromatic carbocycles. The van der Waals surface area contributed by atoms with E-state index < -0.39 is 5.60 Å². The normalized spacial score (nSPS) is 17.4. The van der Waals surface area contributed by atoms with Crippen molar-refractivity contribution in [2.45, 2.75) is 83.8 Å². The number of piperidine rings is 1. The van der Waals surface area contributed by atoms with Crippen molar-refractivity contribution >= 4 is 17.9 Å². The standard InChI is InChI=1S/C26H39N3O4/c1-26(2,3)33-25(32)27-20-14-18-28(19-15-20)16-10-6-4-5-7-11-17-29-23(30)21-12-8-9-13-22(21)24(29)31/h8-9,12-13,20H,4-7,10-11,14-19H2,1-3H3,(H,27,32). The highest BCUT2D eigenvalue weighted by Crippen LogP contribution is 2.23. The molecule has 0 radical (unpaired) electrons. The molecule has 0 saturated carbocycles. The zero-order valence-electron chi connectivity index (χ0n) is 20.4. The van der Waals surface area contributed by atoms with Crippen LogP contribution in [-0.4, -0.2) is 65.5 Å². The Morgan fingerprint density at radius 2 is 1.42 bits per heavy atom. The molecule has 1 fully saturated rings. The van der Waals surface area contributed by atoms with Gasteiger partial charge in [0, 0.05) is 25.7 Å². The number of alkyl carbamates (subject to hydrolysis) is 1. The molecule has 2 aliphatic rings. The van der Waals surface area contributed by atoms with Gasteiger partial charge in [-0.3, -0.25) is 14.5 Å². The monoisotopic (exact) mass is 457 g/mol. The maximum absolute atomic E-state index is 12.4. The van der Waals surface area contributed by atoms with E-state index in [0.717, 1.165) is 51.7 Å². The van der Waals surface area contributed by atoms with Gasteiger partial charge in [-0.1, -0.05) is 37.8 Å². The van der Waals surface area contributed by atoms with Crippen molar-refractivity contribution in [2.24, 2.45) is 0 Å². The van der Waals surface area contributed by atoms with Gasteiger partial charge in [0.2, 0.25) is 0 Å². The number of unbranched alkanes of at least 4 members (excludes halogenated alkanes) is 5. The van der Waals surface area contributed by atoms with Gasteiger partial charge in [0.15, 0.2) is 0 Å². The number of ether oxygens (including phenoxy) is 1. The van der Waals surface area contributed by atoms with Crippen LogP contribution in [0.2, 0.25) is 0 Å². The van der Waals surface area contributed by atoms with Crippen LogP contribution in [0.4, 0.5) is 4.79 Å². The van der Waals surface area contributed by atoms with E-state index >= 15 is 0 Å². The molecule has 0 aliphatic carbocycles. The largest absolute Gasteiger partial charge is 0.444 e. The van der Waals surface area contributed by atoms with Crippen molar-refractivity contribution in [3.63, 3.8) is 0 Å². The van der Waals surface area contributed by atoms with Gasteiger partial charge in [-0.2, -0.15) is 0 Å². The third kappa shape index (κ3) is 7.56. The summed E-state index contributed by atoms with van der Waals surface area (Å²) in [5.74, 6) is -0.304. The maximum Gasteiger partial charge on any atom is 0.407 e. The Morgan fingerprint density at radius 3 is 1.97 bits per heavy atom. The van der Waals surface area contributed by atoms with Crippen LogP contribution in [0.25, 0.3) is 0 Å². The Labute approximate surface area is 197 Å². The Hall–Kier alpha value is -2.41. The number of carbonyl (C=O) groups is 3. The van der Waals surface area contributed by atoms with E-state index in [1.165, 1.54) is 24.2 Å². The fraction of sp³-hybridized carbons (Fsp3) is 0.654. The van der Waals surface area contributed by atoms with Crippen LogP contribution >= 0.6 is 0 Å². The maximum atomic E-state index is 12.4. The van der Waals surface area contributed by atoms with Gasteiger partial charge in [0.25, 0.3) is 11.8 Å². The van der Waals surface area contributed by atoms with E-state index in [2.05, 4.69) is 10.2 Å². The summed E-state index contributed by atoms with van der Waals surface area (Å²) in [6.07, 6.45) is 8.21. The fourth-order valence-electron chi connectivity index (χ4n) is 4.53. The Kier molecular flexibility index (Phi) is 8.89. The summed E-state index contributed by atoms with van der Waals surface area (Å²) in [6, 6.07) is 7.27. The van der Waals surface area contributed by atoms with E-state index in [1.807, 2.05) is 20.8 Å². The first-order valence-electron chi connectivity index (χ1n) is 12.4. The molecule has 0 spiro atoms. The lowest BCUT2D eigenvalue weighted by Crippen LogP contribution is -2.46. The first-order valence-corrected chi connectivity index (χ1v) is 12.4. The van der Waals surface area contributed by atoms with Gasteiger partial charge in [0.1, 0.15) is 5.60 Å². The average Bonchev–Trinajstić information content (AvgIpc) is 3.00. The fourth-order valence-corrected chi connectivity index (χ4v) is 4.53. The molecule has 1 N–H and O–H groups in total. The van der Waals surface area contributed by atoms with Crippen molar-refractivity contribution in [3.05, 3.63) is 35.4 Å². The van der Waals surface area contributed by atoms with Crippen LogP contribution in [-0.2, 0) is 4.74 Å². The molecular formula is C26H39N3O4. The summed E-state index contributed by atoms with van der Waals surface area (Å²) >= 11 is 0. The van der Waals surface area contributed by atoms with Gasteiger partial charge in [-0.05, 0) is 65.1 Å². The minimum Gasteiger partial charge on any atom is -0.444 e. The van der Waals surface area contributed by atoms with Crippen LogP contribution in [0.3, 0.4) is 0 Å². The SMILES string of the molecule is CC(C)(C)OC(=O)NC1CCN(CCCCCCCCN2C(=O)c3ccccc3C2=O)CC1. The molecule has 1 aromatic rings. The van der Waals surface area contributed by atoms with Crippen LogP contribution in [0.5, 0.6) is 0 Å². The molecule has 0 unspecified atom stereocenters. The number of fused-ring (bicyclic) bond motifs is 1. The van der Waals surface area contributed by atoms with Crippen molar-refractivity contribution in [2.75, 3.05) is 26.2 Å². The number of likely N-dealkylation sites (tertiary alicyclic amines) is 1. The van der Waals surface area contributed by atoms with Gasteiger partial charge in [-0.25, -0.2) is 4.79 Å². The molecule has 2 heterocycles. The molecule has 0 atom stereocenters. The van der Waals surface area contributed by atoms with Gasteiger partial charge in [-0.15, -0.1) is 0 Å². The highest BCUT2D eigenvalue weighted by molar-refractivity contribution is 6.21.